The first kappa shape index (κ1) is 10.4. The van der Waals surface area contributed by atoms with Crippen molar-refractivity contribution in [2.45, 2.75) is 6.42 Å². The second-order valence-corrected chi connectivity index (χ2v) is 4.98. The van der Waals surface area contributed by atoms with Gasteiger partial charge in [-0.25, -0.2) is 0 Å². The molecule has 13 heavy (non-hydrogen) atoms. The fourth-order valence-corrected chi connectivity index (χ4v) is 1.95. The molecule has 0 bridgehead atoms. The number of carbonyl (C=O) groups is 1. The predicted molar refractivity (Wildman–Crippen MR) is 52.1 cm³/mol. The molecule has 7 heteroatoms. The molecule has 0 atom stereocenters. The van der Waals surface area contributed by atoms with Crippen LogP contribution in [0.4, 0.5) is 0 Å². The van der Waals surface area contributed by atoms with E-state index in [1.54, 1.807) is 0 Å². The van der Waals surface area contributed by atoms with Gasteiger partial charge in [-0.3, -0.25) is 25.5 Å². The van der Waals surface area contributed by atoms with E-state index in [0.717, 1.165) is 5.56 Å². The molecule has 0 saturated heterocycles. The van der Waals surface area contributed by atoms with Gasteiger partial charge in [0.25, 0.3) is 7.59 Å². The van der Waals surface area contributed by atoms with Crippen LogP contribution >= 0.6 is 18.9 Å². The van der Waals surface area contributed by atoms with Crippen molar-refractivity contribution in [3.8, 4) is 0 Å². The molecule has 0 spiro atoms. The smallest absolute Gasteiger partial charge is 0.283 e. The van der Waals surface area contributed by atoms with Crippen molar-refractivity contribution >= 4 is 24.8 Å². The van der Waals surface area contributed by atoms with Gasteiger partial charge < -0.3 is 0 Å². The summed E-state index contributed by atoms with van der Waals surface area (Å²) in [6.45, 7) is 0. The molecule has 1 rings (SSSR count). The molecule has 0 unspecified atom stereocenters. The zero-order valence-corrected chi connectivity index (χ0v) is 8.48. The van der Waals surface area contributed by atoms with E-state index >= 15 is 0 Å². The summed E-state index contributed by atoms with van der Waals surface area (Å²) in [4.78, 5) is 11.1. The Bertz CT molecular complexity index is 332. The molecule has 72 valence electrons. The van der Waals surface area contributed by atoms with Gasteiger partial charge in [0.05, 0.1) is 6.42 Å². The van der Waals surface area contributed by atoms with Gasteiger partial charge in [0.1, 0.15) is 0 Å². The normalized spacial score (nSPS) is 11.2. The summed E-state index contributed by atoms with van der Waals surface area (Å²) in [5.41, 5.74) is 10.8. The van der Waals surface area contributed by atoms with Gasteiger partial charge in [-0.15, -0.1) is 0 Å². The highest BCUT2D eigenvalue weighted by molar-refractivity contribution is 7.57. The van der Waals surface area contributed by atoms with Crippen LogP contribution in [0.3, 0.4) is 0 Å². The van der Waals surface area contributed by atoms with Gasteiger partial charge in [0.2, 0.25) is 5.91 Å². The summed E-state index contributed by atoms with van der Waals surface area (Å²) < 4.78 is 10.8. The lowest BCUT2D eigenvalue weighted by molar-refractivity contribution is -0.118. The first-order valence-electron chi connectivity index (χ1n) is 3.47. The third-order valence-corrected chi connectivity index (χ3v) is 2.58. The minimum Gasteiger partial charge on any atom is -0.283 e. The van der Waals surface area contributed by atoms with Gasteiger partial charge in [-0.2, -0.15) is 11.3 Å². The summed E-state index contributed by atoms with van der Waals surface area (Å²) in [5, 5.41) is 5.72. The molecule has 0 radical (unpaired) electrons. The van der Waals surface area contributed by atoms with Crippen molar-refractivity contribution in [1.82, 2.24) is 5.09 Å². The summed E-state index contributed by atoms with van der Waals surface area (Å²) in [5.74, 6) is -0.424. The molecule has 0 aliphatic heterocycles. The quantitative estimate of drug-likeness (QED) is 0.642. The van der Waals surface area contributed by atoms with E-state index in [2.05, 4.69) is 0 Å². The molecule has 5 N–H and O–H groups in total. The van der Waals surface area contributed by atoms with Gasteiger partial charge in [0, 0.05) is 0 Å². The van der Waals surface area contributed by atoms with Crippen LogP contribution in [0.1, 0.15) is 5.56 Å². The molecule has 1 heterocycles. The van der Waals surface area contributed by atoms with Gasteiger partial charge >= 0.3 is 0 Å². The van der Waals surface area contributed by atoms with Crippen molar-refractivity contribution < 1.29 is 9.36 Å². The molecule has 0 aliphatic carbocycles. The lowest BCUT2D eigenvalue weighted by atomic mass is 10.2. The van der Waals surface area contributed by atoms with Gasteiger partial charge in [0.15, 0.2) is 0 Å². The minimum atomic E-state index is -3.44. The van der Waals surface area contributed by atoms with E-state index in [1.165, 1.54) is 11.3 Å². The van der Waals surface area contributed by atoms with E-state index < -0.39 is 13.5 Å². The SMILES string of the molecule is NP(N)(=O)NC(=O)Cc1ccsc1. The first-order chi connectivity index (χ1) is 5.97. The highest BCUT2D eigenvalue weighted by Gasteiger charge is 2.12. The molecule has 1 aromatic rings. The van der Waals surface area contributed by atoms with E-state index in [4.69, 9.17) is 11.0 Å². The summed E-state index contributed by atoms with van der Waals surface area (Å²) in [7, 11) is -3.44. The molecular formula is C6H10N3O2PS. The molecular weight excluding hydrogens is 209 g/mol. The fourth-order valence-electron chi connectivity index (χ4n) is 0.813. The molecule has 0 aromatic carbocycles. The van der Waals surface area contributed by atoms with Crippen molar-refractivity contribution in [2.24, 2.45) is 11.0 Å². The van der Waals surface area contributed by atoms with Crippen LogP contribution in [-0.4, -0.2) is 5.91 Å². The van der Waals surface area contributed by atoms with Crippen LogP contribution in [0.15, 0.2) is 16.8 Å². The lowest BCUT2D eigenvalue weighted by Crippen LogP contribution is -2.29. The van der Waals surface area contributed by atoms with Crippen LogP contribution in [0.2, 0.25) is 0 Å². The number of nitrogens with one attached hydrogen (secondary N) is 1. The summed E-state index contributed by atoms with van der Waals surface area (Å²) in [6, 6.07) is 1.81. The average molecular weight is 219 g/mol. The van der Waals surface area contributed by atoms with Gasteiger partial charge in [-0.05, 0) is 22.4 Å². The lowest BCUT2D eigenvalue weighted by Gasteiger charge is -2.07. The third kappa shape index (κ3) is 4.19. The predicted octanol–water partition coefficient (Wildman–Crippen LogP) is 0.432. The second-order valence-electron chi connectivity index (χ2n) is 2.55. The van der Waals surface area contributed by atoms with Crippen LogP contribution in [0.5, 0.6) is 0 Å². The Balaban J connectivity index is 2.48. The Morgan fingerprint density at radius 1 is 1.62 bits per heavy atom. The fraction of sp³-hybridized carbons (Fsp3) is 0.167. The number of thiophene rings is 1. The van der Waals surface area contributed by atoms with Crippen LogP contribution in [0, 0.1) is 0 Å². The largest absolute Gasteiger partial charge is 0.300 e. The minimum absolute atomic E-state index is 0.155. The van der Waals surface area contributed by atoms with E-state index in [0.29, 0.717) is 0 Å². The van der Waals surface area contributed by atoms with E-state index in [9.17, 15) is 9.36 Å². The summed E-state index contributed by atoms with van der Waals surface area (Å²) in [6.07, 6.45) is 0.155. The zero-order chi connectivity index (χ0) is 9.90. The van der Waals surface area contributed by atoms with Crippen LogP contribution < -0.4 is 16.1 Å². The maximum atomic E-state index is 11.1. The molecule has 0 fully saturated rings. The van der Waals surface area contributed by atoms with E-state index in [1.807, 2.05) is 21.9 Å². The Morgan fingerprint density at radius 2 is 2.31 bits per heavy atom. The number of rotatable bonds is 3. The number of hydrogen-bond acceptors (Lipinski definition) is 3. The highest BCUT2D eigenvalue weighted by atomic mass is 32.1. The molecule has 0 aliphatic rings. The van der Waals surface area contributed by atoms with Crippen molar-refractivity contribution in [3.05, 3.63) is 22.4 Å². The maximum absolute atomic E-state index is 11.1. The standard InChI is InChI=1S/C6H10N3O2PS/c7-12(8,11)9-6(10)3-5-1-2-13-4-5/h1-2,4H,3H2,(H5,7,8,9,10,11). The van der Waals surface area contributed by atoms with Crippen LogP contribution in [0.25, 0.3) is 0 Å². The second kappa shape index (κ2) is 4.02. The van der Waals surface area contributed by atoms with Crippen molar-refractivity contribution in [2.75, 3.05) is 0 Å². The number of hydrogen-bond donors (Lipinski definition) is 3. The number of nitrogens with two attached hydrogens (primary N) is 2. The number of carbonyl (C=O) groups excluding carboxylic acids is 1. The van der Waals surface area contributed by atoms with Crippen molar-refractivity contribution in [3.63, 3.8) is 0 Å². The summed E-state index contributed by atoms with van der Waals surface area (Å²) >= 11 is 1.49. The Hall–Kier alpha value is -0.680. The van der Waals surface area contributed by atoms with Gasteiger partial charge in [-0.1, -0.05) is 0 Å². The zero-order valence-electron chi connectivity index (χ0n) is 6.77. The average Bonchev–Trinajstić information content (AvgIpc) is 2.34. The highest BCUT2D eigenvalue weighted by Crippen LogP contribution is 2.17. The number of amides is 1. The third-order valence-electron chi connectivity index (χ3n) is 1.24. The van der Waals surface area contributed by atoms with E-state index in [-0.39, 0.29) is 6.42 Å². The Labute approximate surface area is 79.7 Å². The first-order valence-corrected chi connectivity index (χ1v) is 6.25. The van der Waals surface area contributed by atoms with Crippen LogP contribution in [-0.2, 0) is 15.8 Å². The molecule has 5 nitrogen and oxygen atoms in total. The molecule has 0 saturated carbocycles. The maximum Gasteiger partial charge on any atom is 0.300 e. The Kier molecular flexibility index (Phi) is 3.22. The monoisotopic (exact) mass is 219 g/mol. The molecule has 1 aromatic heterocycles. The topological polar surface area (TPSA) is 98.2 Å². The molecule has 1 amide bonds. The van der Waals surface area contributed by atoms with Crippen molar-refractivity contribution in [1.29, 1.82) is 0 Å². The Morgan fingerprint density at radius 3 is 2.77 bits per heavy atom.